The molecule has 0 aromatic rings. The zero-order valence-electron chi connectivity index (χ0n) is 6.31. The Morgan fingerprint density at radius 1 is 1.30 bits per heavy atom. The first-order valence-electron chi connectivity index (χ1n) is 3.36. The van der Waals surface area contributed by atoms with Crippen LogP contribution in [0.15, 0.2) is 35.7 Å². The van der Waals surface area contributed by atoms with Gasteiger partial charge in [-0.3, -0.25) is 0 Å². The van der Waals surface area contributed by atoms with Gasteiger partial charge in [0.15, 0.2) is 0 Å². The highest BCUT2D eigenvalue weighted by atomic mass is 15.4. The molecule has 0 bridgehead atoms. The van der Waals surface area contributed by atoms with Crippen LogP contribution in [0.3, 0.4) is 0 Å². The van der Waals surface area contributed by atoms with Crippen LogP contribution in [-0.4, -0.2) is 0 Å². The first kappa shape index (κ1) is 6.93. The summed E-state index contributed by atoms with van der Waals surface area (Å²) in [4.78, 5) is 0. The van der Waals surface area contributed by atoms with Crippen LogP contribution in [0.5, 0.6) is 0 Å². The van der Waals surface area contributed by atoms with Crippen molar-refractivity contribution in [1.82, 2.24) is 10.9 Å². The van der Waals surface area contributed by atoms with E-state index in [0.29, 0.717) is 0 Å². The lowest BCUT2D eigenvalue weighted by Gasteiger charge is -2.13. The van der Waals surface area contributed by atoms with Crippen molar-refractivity contribution in [2.75, 3.05) is 0 Å². The maximum atomic E-state index is 3.03. The summed E-state index contributed by atoms with van der Waals surface area (Å²) in [5, 5.41) is 0. The Kier molecular flexibility index (Phi) is 2.15. The van der Waals surface area contributed by atoms with E-state index in [-0.39, 0.29) is 0 Å². The van der Waals surface area contributed by atoms with Crippen LogP contribution < -0.4 is 10.9 Å². The zero-order chi connectivity index (χ0) is 7.40. The molecule has 1 aliphatic heterocycles. The second kappa shape index (κ2) is 3.11. The van der Waals surface area contributed by atoms with E-state index in [2.05, 4.69) is 10.9 Å². The third-order valence-electron chi connectivity index (χ3n) is 1.26. The number of hydrogen-bond acceptors (Lipinski definition) is 2. The largest absolute Gasteiger partial charge is 0.305 e. The average molecular weight is 136 g/mol. The fourth-order valence-corrected chi connectivity index (χ4v) is 0.746. The first-order chi connectivity index (χ1) is 4.83. The molecule has 2 nitrogen and oxygen atoms in total. The van der Waals surface area contributed by atoms with E-state index in [1.807, 2.05) is 38.2 Å². The van der Waals surface area contributed by atoms with Gasteiger partial charge in [0.05, 0.1) is 5.70 Å². The summed E-state index contributed by atoms with van der Waals surface area (Å²) in [7, 11) is 0. The maximum absolute atomic E-state index is 3.03. The fraction of sp³-hybridized carbons (Fsp3) is 0.250. The molecule has 0 aliphatic carbocycles. The Hall–Kier alpha value is -1.18. The van der Waals surface area contributed by atoms with Crippen LogP contribution >= 0.6 is 0 Å². The second-order valence-electron chi connectivity index (χ2n) is 2.22. The molecule has 10 heavy (non-hydrogen) atoms. The highest BCUT2D eigenvalue weighted by Gasteiger charge is 1.94. The van der Waals surface area contributed by atoms with Crippen molar-refractivity contribution in [2.24, 2.45) is 0 Å². The average Bonchev–Trinajstić information content (AvgIpc) is 1.95. The summed E-state index contributed by atoms with van der Waals surface area (Å²) in [5.74, 6) is 0. The summed E-state index contributed by atoms with van der Waals surface area (Å²) < 4.78 is 0. The molecule has 1 heterocycles. The van der Waals surface area contributed by atoms with E-state index in [4.69, 9.17) is 0 Å². The predicted molar refractivity (Wildman–Crippen MR) is 42.9 cm³/mol. The minimum atomic E-state index is 1.09. The minimum absolute atomic E-state index is 1.09. The highest BCUT2D eigenvalue weighted by Crippen LogP contribution is 1.99. The molecule has 0 spiro atoms. The van der Waals surface area contributed by atoms with E-state index in [1.165, 1.54) is 0 Å². The van der Waals surface area contributed by atoms with Crippen LogP contribution in [0.25, 0.3) is 0 Å². The van der Waals surface area contributed by atoms with Gasteiger partial charge in [-0.05, 0) is 32.1 Å². The normalized spacial score (nSPS) is 17.4. The molecule has 0 aromatic heterocycles. The quantitative estimate of drug-likeness (QED) is 0.570. The molecule has 1 aliphatic rings. The van der Waals surface area contributed by atoms with E-state index < -0.39 is 0 Å². The molecule has 0 amide bonds. The van der Waals surface area contributed by atoms with Gasteiger partial charge < -0.3 is 10.9 Å². The topological polar surface area (TPSA) is 24.1 Å². The fourth-order valence-electron chi connectivity index (χ4n) is 0.746. The summed E-state index contributed by atoms with van der Waals surface area (Å²) in [5.41, 5.74) is 8.26. The van der Waals surface area contributed by atoms with Gasteiger partial charge in [-0.1, -0.05) is 6.08 Å². The Morgan fingerprint density at radius 3 is 2.60 bits per heavy atom. The van der Waals surface area contributed by atoms with Gasteiger partial charge in [-0.2, -0.15) is 0 Å². The van der Waals surface area contributed by atoms with E-state index in [1.54, 1.807) is 0 Å². The van der Waals surface area contributed by atoms with Gasteiger partial charge >= 0.3 is 0 Å². The molecule has 0 fully saturated rings. The van der Waals surface area contributed by atoms with Crippen molar-refractivity contribution in [2.45, 2.75) is 13.8 Å². The number of rotatable bonds is 1. The van der Waals surface area contributed by atoms with Gasteiger partial charge in [0, 0.05) is 5.70 Å². The Balaban J connectivity index is 2.64. The Bertz CT molecular complexity index is 199. The lowest BCUT2D eigenvalue weighted by Crippen LogP contribution is -2.30. The molecule has 2 heteroatoms. The minimum Gasteiger partial charge on any atom is -0.305 e. The van der Waals surface area contributed by atoms with E-state index in [0.717, 1.165) is 11.4 Å². The molecule has 0 saturated heterocycles. The lowest BCUT2D eigenvalue weighted by atomic mass is 10.3. The molecule has 0 saturated carbocycles. The third-order valence-corrected chi connectivity index (χ3v) is 1.26. The molecular weight excluding hydrogens is 124 g/mol. The molecular formula is C8H12N2. The van der Waals surface area contributed by atoms with Crippen molar-refractivity contribution in [3.8, 4) is 0 Å². The van der Waals surface area contributed by atoms with Crippen LogP contribution in [0, 0.1) is 0 Å². The van der Waals surface area contributed by atoms with Gasteiger partial charge in [0.25, 0.3) is 0 Å². The number of hydrogen-bond donors (Lipinski definition) is 2. The van der Waals surface area contributed by atoms with Crippen molar-refractivity contribution >= 4 is 0 Å². The van der Waals surface area contributed by atoms with Crippen LogP contribution in [0.1, 0.15) is 13.8 Å². The molecule has 0 aromatic carbocycles. The van der Waals surface area contributed by atoms with Gasteiger partial charge in [0.1, 0.15) is 0 Å². The third kappa shape index (κ3) is 1.65. The van der Waals surface area contributed by atoms with Crippen LogP contribution in [-0.2, 0) is 0 Å². The molecule has 0 radical (unpaired) electrons. The van der Waals surface area contributed by atoms with Crippen molar-refractivity contribution < 1.29 is 0 Å². The standard InChI is InChI=1S/C8H12N2/c1-3-4-8-6-5-7(2)9-10-8/h3-6,9-10H,1-2H3/b4-3-. The highest BCUT2D eigenvalue weighted by molar-refractivity contribution is 5.26. The molecule has 2 N–H and O–H groups in total. The lowest BCUT2D eigenvalue weighted by molar-refractivity contribution is 0.692. The molecule has 1 rings (SSSR count). The van der Waals surface area contributed by atoms with Crippen molar-refractivity contribution in [3.05, 3.63) is 35.7 Å². The van der Waals surface area contributed by atoms with Crippen molar-refractivity contribution in [1.29, 1.82) is 0 Å². The summed E-state index contributed by atoms with van der Waals surface area (Å²) in [6.07, 6.45) is 8.07. The number of allylic oxidation sites excluding steroid dienone is 5. The molecule has 54 valence electrons. The number of hydrazine groups is 1. The Morgan fingerprint density at radius 2 is 2.10 bits per heavy atom. The molecule has 0 unspecified atom stereocenters. The van der Waals surface area contributed by atoms with Crippen LogP contribution in [0.4, 0.5) is 0 Å². The predicted octanol–water partition coefficient (Wildman–Crippen LogP) is 1.46. The summed E-state index contributed by atoms with van der Waals surface area (Å²) >= 11 is 0. The number of nitrogens with one attached hydrogen (secondary N) is 2. The van der Waals surface area contributed by atoms with Crippen molar-refractivity contribution in [3.63, 3.8) is 0 Å². The summed E-state index contributed by atoms with van der Waals surface area (Å²) in [6, 6.07) is 0. The van der Waals surface area contributed by atoms with Gasteiger partial charge in [0.2, 0.25) is 0 Å². The monoisotopic (exact) mass is 136 g/mol. The van der Waals surface area contributed by atoms with Crippen LogP contribution in [0.2, 0.25) is 0 Å². The first-order valence-corrected chi connectivity index (χ1v) is 3.36. The SMILES string of the molecule is C/C=C\C1=CC=C(C)NN1. The Labute approximate surface area is 61.3 Å². The van der Waals surface area contributed by atoms with E-state index >= 15 is 0 Å². The smallest absolute Gasteiger partial charge is 0.0537 e. The van der Waals surface area contributed by atoms with Gasteiger partial charge in [-0.25, -0.2) is 0 Å². The van der Waals surface area contributed by atoms with Gasteiger partial charge in [-0.15, -0.1) is 0 Å². The summed E-state index contributed by atoms with van der Waals surface area (Å²) in [6.45, 7) is 4.00. The zero-order valence-corrected chi connectivity index (χ0v) is 6.31. The second-order valence-corrected chi connectivity index (χ2v) is 2.22. The molecule has 0 atom stereocenters. The maximum Gasteiger partial charge on any atom is 0.0537 e. The van der Waals surface area contributed by atoms with E-state index in [9.17, 15) is 0 Å².